The summed E-state index contributed by atoms with van der Waals surface area (Å²) >= 11 is 0. The molecule has 9 heteroatoms. The van der Waals surface area contributed by atoms with E-state index >= 15 is 0 Å². The van der Waals surface area contributed by atoms with Crippen molar-refractivity contribution in [3.05, 3.63) is 41.3 Å². The van der Waals surface area contributed by atoms with E-state index in [0.717, 1.165) is 86.4 Å². The number of nitrogens with one attached hydrogen (secondary N) is 1. The van der Waals surface area contributed by atoms with Crippen molar-refractivity contribution < 1.29 is 19.1 Å². The molecule has 1 aromatic carbocycles. The summed E-state index contributed by atoms with van der Waals surface area (Å²) in [6.45, 7) is 4.28. The Morgan fingerprint density at radius 3 is 2.58 bits per heavy atom. The number of pyridine rings is 1. The van der Waals surface area contributed by atoms with E-state index in [2.05, 4.69) is 9.88 Å². The number of benzene rings is 1. The number of aromatic nitrogens is 3. The molecule has 38 heavy (non-hydrogen) atoms. The van der Waals surface area contributed by atoms with Gasteiger partial charge in [0.25, 0.3) is 5.91 Å². The van der Waals surface area contributed by atoms with Crippen molar-refractivity contribution in [2.45, 2.75) is 64.5 Å². The van der Waals surface area contributed by atoms with Crippen molar-refractivity contribution in [1.29, 1.82) is 0 Å². The van der Waals surface area contributed by atoms with Gasteiger partial charge in [-0.15, -0.1) is 0 Å². The molecule has 3 aromatic rings. The van der Waals surface area contributed by atoms with Crippen LogP contribution in [0.4, 0.5) is 11.4 Å². The summed E-state index contributed by atoms with van der Waals surface area (Å²) in [5.74, 6) is 1.83. The van der Waals surface area contributed by atoms with Gasteiger partial charge in [0, 0.05) is 37.6 Å². The first-order chi connectivity index (χ1) is 18.5. The molecule has 1 unspecified atom stereocenters. The standard InChI is InChI=1S/C29H35N5O4/c1-18-30-27-23(32-22-11-10-20(15-25(22)37-2)29(36)33-12-4-5-13-33)16-21(17-24(35)19-8-9-19)31-28(27)34(18)26-7-3-6-14-38-26/h10-11,15-16,19,26H,3-9,12-14,17H2,1-2H3,(H,31,32). The molecule has 1 saturated carbocycles. The number of ketones is 1. The fraction of sp³-hybridized carbons (Fsp3) is 0.517. The molecule has 1 aliphatic carbocycles. The Morgan fingerprint density at radius 1 is 1.05 bits per heavy atom. The van der Waals surface area contributed by atoms with Crippen LogP contribution in [-0.4, -0.2) is 57.9 Å². The number of aryl methyl sites for hydroxylation is 1. The maximum atomic E-state index is 12.9. The van der Waals surface area contributed by atoms with Crippen LogP contribution in [0.25, 0.3) is 11.2 Å². The highest BCUT2D eigenvalue weighted by molar-refractivity contribution is 5.96. The first-order valence-corrected chi connectivity index (χ1v) is 13.8. The van der Waals surface area contributed by atoms with Crippen molar-refractivity contribution in [3.8, 4) is 5.75 Å². The lowest BCUT2D eigenvalue weighted by atomic mass is 10.1. The maximum Gasteiger partial charge on any atom is 0.253 e. The number of hydrogen-bond acceptors (Lipinski definition) is 7. The summed E-state index contributed by atoms with van der Waals surface area (Å²) in [5.41, 5.74) is 4.24. The summed E-state index contributed by atoms with van der Waals surface area (Å²) in [6, 6.07) is 7.42. The number of nitrogens with zero attached hydrogens (tertiary/aromatic N) is 4. The average Bonchev–Trinajstić information content (AvgIpc) is 3.54. The predicted molar refractivity (Wildman–Crippen MR) is 144 cm³/mol. The number of imidazole rings is 1. The van der Waals surface area contributed by atoms with Gasteiger partial charge < -0.3 is 19.7 Å². The molecule has 2 saturated heterocycles. The third-order valence-corrected chi connectivity index (χ3v) is 7.82. The van der Waals surface area contributed by atoms with Crippen LogP contribution >= 0.6 is 0 Å². The maximum absolute atomic E-state index is 12.9. The van der Waals surface area contributed by atoms with Gasteiger partial charge in [-0.25, -0.2) is 9.97 Å². The van der Waals surface area contributed by atoms with Crippen LogP contribution in [0.2, 0.25) is 0 Å². The third-order valence-electron chi connectivity index (χ3n) is 7.82. The second kappa shape index (κ2) is 10.4. The SMILES string of the molecule is COc1cc(C(=O)N2CCCC2)ccc1Nc1cc(CC(=O)C2CC2)nc2c1nc(C)n2C1CCCCO1. The Kier molecular flexibility index (Phi) is 6.78. The fourth-order valence-electron chi connectivity index (χ4n) is 5.59. The van der Waals surface area contributed by atoms with Gasteiger partial charge in [-0.3, -0.25) is 14.2 Å². The minimum Gasteiger partial charge on any atom is -0.495 e. The molecule has 9 nitrogen and oxygen atoms in total. The number of likely N-dealkylation sites (tertiary alicyclic amines) is 1. The van der Waals surface area contributed by atoms with E-state index in [-0.39, 0.29) is 23.8 Å². The zero-order chi connectivity index (χ0) is 26.2. The number of fused-ring (bicyclic) bond motifs is 1. The zero-order valence-electron chi connectivity index (χ0n) is 22.2. The molecule has 200 valence electrons. The predicted octanol–water partition coefficient (Wildman–Crippen LogP) is 4.95. The van der Waals surface area contributed by atoms with Gasteiger partial charge in [-0.1, -0.05) is 0 Å². The van der Waals surface area contributed by atoms with E-state index in [9.17, 15) is 9.59 Å². The number of rotatable bonds is 8. The van der Waals surface area contributed by atoms with Gasteiger partial charge in [0.05, 0.1) is 24.2 Å². The van der Waals surface area contributed by atoms with E-state index in [4.69, 9.17) is 19.4 Å². The molecule has 0 spiro atoms. The van der Waals surface area contributed by atoms with Crippen molar-refractivity contribution in [2.75, 3.05) is 32.1 Å². The number of anilines is 2. The van der Waals surface area contributed by atoms with Crippen LogP contribution < -0.4 is 10.1 Å². The summed E-state index contributed by atoms with van der Waals surface area (Å²) < 4.78 is 13.9. The van der Waals surface area contributed by atoms with Crippen LogP contribution in [0.1, 0.15) is 73.0 Å². The Morgan fingerprint density at radius 2 is 1.87 bits per heavy atom. The van der Waals surface area contributed by atoms with E-state index in [1.54, 1.807) is 13.2 Å². The van der Waals surface area contributed by atoms with Crippen LogP contribution in [0, 0.1) is 12.8 Å². The van der Waals surface area contributed by atoms with E-state index in [0.29, 0.717) is 30.0 Å². The molecular weight excluding hydrogens is 482 g/mol. The molecule has 0 bridgehead atoms. The molecule has 4 heterocycles. The van der Waals surface area contributed by atoms with Crippen molar-refractivity contribution in [1.82, 2.24) is 19.4 Å². The lowest BCUT2D eigenvalue weighted by Gasteiger charge is -2.25. The Labute approximate surface area is 222 Å². The number of carbonyl (C=O) groups is 2. The Hall–Kier alpha value is -3.46. The van der Waals surface area contributed by atoms with Crippen LogP contribution in [0.5, 0.6) is 5.75 Å². The summed E-state index contributed by atoms with van der Waals surface area (Å²) in [5, 5.41) is 3.49. The topological polar surface area (TPSA) is 98.6 Å². The quantitative estimate of drug-likeness (QED) is 0.451. The molecule has 2 aliphatic heterocycles. The smallest absolute Gasteiger partial charge is 0.253 e. The first kappa shape index (κ1) is 24.9. The normalized spacial score (nSPS) is 19.6. The largest absolute Gasteiger partial charge is 0.495 e. The second-order valence-electron chi connectivity index (χ2n) is 10.6. The highest BCUT2D eigenvalue weighted by atomic mass is 16.5. The minimum atomic E-state index is -0.117. The van der Waals surface area contributed by atoms with Gasteiger partial charge in [-0.05, 0) is 76.1 Å². The van der Waals surface area contributed by atoms with Crippen LogP contribution in [0.3, 0.4) is 0 Å². The monoisotopic (exact) mass is 517 g/mol. The highest BCUT2D eigenvalue weighted by Crippen LogP contribution is 2.36. The van der Waals surface area contributed by atoms with E-state index < -0.39 is 0 Å². The number of methoxy groups -OCH3 is 1. The minimum absolute atomic E-state index is 0.0291. The molecule has 3 aliphatic rings. The van der Waals surface area contributed by atoms with Crippen LogP contribution in [0.15, 0.2) is 24.3 Å². The van der Waals surface area contributed by atoms with Gasteiger partial charge in [0.15, 0.2) is 5.65 Å². The van der Waals surface area contributed by atoms with Crippen molar-refractivity contribution >= 4 is 34.2 Å². The molecule has 1 atom stereocenters. The Bertz CT molecular complexity index is 1370. The van der Waals surface area contributed by atoms with Gasteiger partial charge in [-0.2, -0.15) is 0 Å². The highest BCUT2D eigenvalue weighted by Gasteiger charge is 2.30. The van der Waals surface area contributed by atoms with Gasteiger partial charge >= 0.3 is 0 Å². The first-order valence-electron chi connectivity index (χ1n) is 13.8. The lowest BCUT2D eigenvalue weighted by Crippen LogP contribution is -2.27. The average molecular weight is 518 g/mol. The van der Waals surface area contributed by atoms with Crippen molar-refractivity contribution in [3.63, 3.8) is 0 Å². The summed E-state index contributed by atoms with van der Waals surface area (Å²) in [7, 11) is 1.60. The number of Topliss-reactive ketones (excluding diaryl/α,β-unsaturated/α-hetero) is 1. The third kappa shape index (κ3) is 4.87. The zero-order valence-corrected chi connectivity index (χ0v) is 22.2. The summed E-state index contributed by atoms with van der Waals surface area (Å²) in [4.78, 5) is 37.4. The molecule has 1 N–H and O–H groups in total. The molecule has 2 aromatic heterocycles. The molecule has 0 radical (unpaired) electrons. The molecule has 3 fully saturated rings. The number of hydrogen-bond donors (Lipinski definition) is 1. The second-order valence-corrected chi connectivity index (χ2v) is 10.6. The number of carbonyl (C=O) groups excluding carboxylic acids is 2. The lowest BCUT2D eigenvalue weighted by molar-refractivity contribution is -0.119. The van der Waals surface area contributed by atoms with Crippen LogP contribution in [-0.2, 0) is 16.0 Å². The number of ether oxygens (including phenoxy) is 2. The number of amides is 1. The fourth-order valence-corrected chi connectivity index (χ4v) is 5.59. The molecule has 6 rings (SSSR count). The van der Waals surface area contributed by atoms with E-state index in [1.807, 2.05) is 30.0 Å². The molecule has 1 amide bonds. The van der Waals surface area contributed by atoms with Crippen molar-refractivity contribution in [2.24, 2.45) is 5.92 Å². The van der Waals surface area contributed by atoms with Gasteiger partial charge in [0.2, 0.25) is 0 Å². The van der Waals surface area contributed by atoms with Gasteiger partial charge in [0.1, 0.15) is 29.1 Å². The van der Waals surface area contributed by atoms with E-state index in [1.165, 1.54) is 0 Å². The Balaban J connectivity index is 1.38. The molecular formula is C29H35N5O4. The summed E-state index contributed by atoms with van der Waals surface area (Å²) in [6.07, 6.45) is 7.27.